The number of terminal acetylenes is 1. The molecule has 0 saturated carbocycles. The highest BCUT2D eigenvalue weighted by atomic mass is 16.1. The van der Waals surface area contributed by atoms with Gasteiger partial charge in [0.15, 0.2) is 0 Å². The van der Waals surface area contributed by atoms with Gasteiger partial charge in [0.25, 0.3) is 0 Å². The van der Waals surface area contributed by atoms with Crippen molar-refractivity contribution in [1.82, 2.24) is 10.6 Å². The number of hydrogen-bond donors (Lipinski definition) is 2. The summed E-state index contributed by atoms with van der Waals surface area (Å²) in [5.74, 6) is 2.50. The lowest BCUT2D eigenvalue weighted by Gasteiger charge is -2.08. The van der Waals surface area contributed by atoms with E-state index in [9.17, 15) is 4.79 Å². The van der Waals surface area contributed by atoms with Crippen molar-refractivity contribution in [2.45, 2.75) is 19.4 Å². The molecule has 0 fully saturated rings. The van der Waals surface area contributed by atoms with Crippen molar-refractivity contribution in [2.24, 2.45) is 0 Å². The van der Waals surface area contributed by atoms with E-state index in [0.29, 0.717) is 13.0 Å². The molecule has 1 unspecified atom stereocenters. The summed E-state index contributed by atoms with van der Waals surface area (Å²) in [6.07, 6.45) is 5.73. The molecule has 0 aromatic carbocycles. The van der Waals surface area contributed by atoms with Gasteiger partial charge in [-0.05, 0) is 6.92 Å². The molecule has 0 rings (SSSR count). The van der Waals surface area contributed by atoms with E-state index in [0.717, 1.165) is 0 Å². The molecule has 2 N–H and O–H groups in total. The highest BCUT2D eigenvalue weighted by molar-refractivity contribution is 5.77. The van der Waals surface area contributed by atoms with Crippen LogP contribution in [-0.2, 0) is 4.79 Å². The van der Waals surface area contributed by atoms with Crippen molar-refractivity contribution in [3.8, 4) is 12.3 Å². The minimum absolute atomic E-state index is 0.0196. The molecule has 1 amide bonds. The summed E-state index contributed by atoms with van der Waals surface area (Å²) in [7, 11) is 1.61. The average Bonchev–Trinajstić information content (AvgIpc) is 2.01. The molecule has 0 bridgehead atoms. The minimum Gasteiger partial charge on any atom is -0.358 e. The number of nitrogens with one attached hydrogen (secondary N) is 2. The first-order valence-corrected chi connectivity index (χ1v) is 3.58. The molecular formula is C8H14N2O. The van der Waals surface area contributed by atoms with Crippen LogP contribution in [0.15, 0.2) is 0 Å². The zero-order valence-electron chi connectivity index (χ0n) is 6.98. The third kappa shape index (κ3) is 5.43. The number of carbonyl (C=O) groups excluding carboxylic acids is 1. The smallest absolute Gasteiger partial charge is 0.233 e. The van der Waals surface area contributed by atoms with Crippen molar-refractivity contribution in [1.29, 1.82) is 0 Å². The van der Waals surface area contributed by atoms with E-state index in [-0.39, 0.29) is 11.9 Å². The fourth-order valence-electron chi connectivity index (χ4n) is 0.604. The summed E-state index contributed by atoms with van der Waals surface area (Å²) in [6, 6.07) is 0.206. The summed E-state index contributed by atoms with van der Waals surface area (Å²) in [5, 5.41) is 5.49. The second-order valence-corrected chi connectivity index (χ2v) is 2.36. The van der Waals surface area contributed by atoms with Crippen LogP contribution in [0.4, 0.5) is 0 Å². The van der Waals surface area contributed by atoms with Gasteiger partial charge in [0, 0.05) is 19.5 Å². The summed E-state index contributed by atoms with van der Waals surface area (Å²) < 4.78 is 0. The third-order valence-corrected chi connectivity index (χ3v) is 1.31. The Morgan fingerprint density at radius 2 is 2.36 bits per heavy atom. The lowest BCUT2D eigenvalue weighted by Crippen LogP contribution is -2.36. The Kier molecular flexibility index (Phi) is 5.22. The molecule has 0 radical (unpaired) electrons. The Hall–Kier alpha value is -1.01. The Bertz CT molecular complexity index is 160. The summed E-state index contributed by atoms with van der Waals surface area (Å²) in [4.78, 5) is 10.7. The largest absolute Gasteiger partial charge is 0.358 e. The van der Waals surface area contributed by atoms with E-state index < -0.39 is 0 Å². The van der Waals surface area contributed by atoms with Crippen LogP contribution in [0.3, 0.4) is 0 Å². The maximum absolute atomic E-state index is 10.7. The molecule has 0 aromatic rings. The molecule has 0 spiro atoms. The van der Waals surface area contributed by atoms with Crippen LogP contribution in [0.25, 0.3) is 0 Å². The lowest BCUT2D eigenvalue weighted by atomic mass is 10.2. The van der Waals surface area contributed by atoms with Gasteiger partial charge in [-0.2, -0.15) is 0 Å². The third-order valence-electron chi connectivity index (χ3n) is 1.31. The predicted molar refractivity (Wildman–Crippen MR) is 45.0 cm³/mol. The molecule has 3 nitrogen and oxygen atoms in total. The Balaban J connectivity index is 3.39. The van der Waals surface area contributed by atoms with Crippen LogP contribution in [0.1, 0.15) is 13.3 Å². The number of likely N-dealkylation sites (N-methyl/N-ethyl adjacent to an activating group) is 1. The first-order chi connectivity index (χ1) is 5.20. The first-order valence-electron chi connectivity index (χ1n) is 3.58. The number of hydrogen-bond acceptors (Lipinski definition) is 2. The van der Waals surface area contributed by atoms with Gasteiger partial charge in [-0.3, -0.25) is 4.79 Å². The van der Waals surface area contributed by atoms with Gasteiger partial charge < -0.3 is 10.6 Å². The number of rotatable bonds is 4. The van der Waals surface area contributed by atoms with Gasteiger partial charge in [0.05, 0.1) is 6.54 Å². The van der Waals surface area contributed by atoms with E-state index in [1.807, 2.05) is 6.92 Å². The van der Waals surface area contributed by atoms with E-state index in [1.165, 1.54) is 0 Å². The molecule has 1 atom stereocenters. The standard InChI is InChI=1S/C8H14N2O/c1-4-5-7(2)10-6-8(11)9-3/h1,7,10H,5-6H2,2-3H3,(H,9,11). The van der Waals surface area contributed by atoms with Crippen molar-refractivity contribution in [3.63, 3.8) is 0 Å². The van der Waals surface area contributed by atoms with Gasteiger partial charge in [-0.1, -0.05) is 0 Å². The zero-order chi connectivity index (χ0) is 8.69. The quantitative estimate of drug-likeness (QED) is 0.547. The van der Waals surface area contributed by atoms with Crippen molar-refractivity contribution in [3.05, 3.63) is 0 Å². The first kappa shape index (κ1) is 9.99. The Labute approximate surface area is 67.6 Å². The second kappa shape index (κ2) is 5.75. The van der Waals surface area contributed by atoms with E-state index in [1.54, 1.807) is 7.05 Å². The monoisotopic (exact) mass is 154 g/mol. The Morgan fingerprint density at radius 3 is 2.82 bits per heavy atom. The fourth-order valence-corrected chi connectivity index (χ4v) is 0.604. The maximum atomic E-state index is 10.7. The fraction of sp³-hybridized carbons (Fsp3) is 0.625. The van der Waals surface area contributed by atoms with Crippen LogP contribution in [0.2, 0.25) is 0 Å². The summed E-state index contributed by atoms with van der Waals surface area (Å²) in [6.45, 7) is 2.28. The zero-order valence-corrected chi connectivity index (χ0v) is 6.98. The van der Waals surface area contributed by atoms with E-state index >= 15 is 0 Å². The van der Waals surface area contributed by atoms with Gasteiger partial charge in [-0.25, -0.2) is 0 Å². The highest BCUT2D eigenvalue weighted by Crippen LogP contribution is 1.85. The van der Waals surface area contributed by atoms with E-state index in [4.69, 9.17) is 6.42 Å². The normalized spacial score (nSPS) is 11.7. The maximum Gasteiger partial charge on any atom is 0.233 e. The molecule has 62 valence electrons. The molecule has 0 heterocycles. The molecule has 0 aliphatic heterocycles. The molecule has 0 aliphatic rings. The lowest BCUT2D eigenvalue weighted by molar-refractivity contribution is -0.119. The van der Waals surface area contributed by atoms with Crippen LogP contribution in [-0.4, -0.2) is 25.5 Å². The molecule has 0 aromatic heterocycles. The number of carbonyl (C=O) groups is 1. The minimum atomic E-state index is -0.0196. The van der Waals surface area contributed by atoms with Crippen LogP contribution >= 0.6 is 0 Å². The van der Waals surface area contributed by atoms with Gasteiger partial charge >= 0.3 is 0 Å². The molecule has 3 heteroatoms. The number of amides is 1. The summed E-state index contributed by atoms with van der Waals surface area (Å²) in [5.41, 5.74) is 0. The predicted octanol–water partition coefficient (Wildman–Crippen LogP) is -0.266. The van der Waals surface area contributed by atoms with Crippen molar-refractivity contribution < 1.29 is 4.79 Å². The molecule has 11 heavy (non-hydrogen) atoms. The van der Waals surface area contributed by atoms with Crippen LogP contribution in [0.5, 0.6) is 0 Å². The van der Waals surface area contributed by atoms with E-state index in [2.05, 4.69) is 16.6 Å². The topological polar surface area (TPSA) is 41.1 Å². The SMILES string of the molecule is C#CCC(C)NCC(=O)NC. The van der Waals surface area contributed by atoms with Gasteiger partial charge in [0.2, 0.25) is 5.91 Å². The van der Waals surface area contributed by atoms with Crippen LogP contribution < -0.4 is 10.6 Å². The molecular weight excluding hydrogens is 140 g/mol. The molecule has 0 aliphatic carbocycles. The Morgan fingerprint density at radius 1 is 1.73 bits per heavy atom. The van der Waals surface area contributed by atoms with Crippen molar-refractivity contribution >= 4 is 5.91 Å². The highest BCUT2D eigenvalue weighted by Gasteiger charge is 2.01. The second-order valence-electron chi connectivity index (χ2n) is 2.36. The average molecular weight is 154 g/mol. The van der Waals surface area contributed by atoms with Gasteiger partial charge in [-0.15, -0.1) is 12.3 Å². The van der Waals surface area contributed by atoms with Crippen molar-refractivity contribution in [2.75, 3.05) is 13.6 Å². The van der Waals surface area contributed by atoms with Crippen LogP contribution in [0, 0.1) is 12.3 Å². The summed E-state index contributed by atoms with van der Waals surface area (Å²) >= 11 is 0. The van der Waals surface area contributed by atoms with Gasteiger partial charge in [0.1, 0.15) is 0 Å². The molecule has 0 saturated heterocycles.